The lowest BCUT2D eigenvalue weighted by Crippen LogP contribution is -1.95. The number of fused-ring (bicyclic) bond motifs is 1. The van der Waals surface area contributed by atoms with Crippen molar-refractivity contribution in [3.63, 3.8) is 0 Å². The van der Waals surface area contributed by atoms with Gasteiger partial charge in [0.1, 0.15) is 5.82 Å². The van der Waals surface area contributed by atoms with Crippen LogP contribution in [0.1, 0.15) is 0 Å². The fourth-order valence-electron chi connectivity index (χ4n) is 1.96. The summed E-state index contributed by atoms with van der Waals surface area (Å²) < 4.78 is 0. The first-order valence-electron chi connectivity index (χ1n) is 5.89. The maximum absolute atomic E-state index is 5.87. The van der Waals surface area contributed by atoms with Crippen molar-refractivity contribution in [1.29, 1.82) is 0 Å². The molecule has 0 amide bonds. The molecule has 0 bridgehead atoms. The van der Waals surface area contributed by atoms with Gasteiger partial charge in [0.2, 0.25) is 0 Å². The second-order valence-electron chi connectivity index (χ2n) is 4.27. The fraction of sp³-hybridized carbons (Fsp3) is 0. The zero-order chi connectivity index (χ0) is 13.2. The highest BCUT2D eigenvalue weighted by atomic mass is 35.5. The van der Waals surface area contributed by atoms with Gasteiger partial charge >= 0.3 is 0 Å². The molecular weight excluding hydrogens is 258 g/mol. The Morgan fingerprint density at radius 3 is 2.58 bits per heavy atom. The number of nitrogen functional groups attached to an aromatic ring is 1. The smallest absolute Gasteiger partial charge is 0.138 e. The number of benzene rings is 2. The van der Waals surface area contributed by atoms with E-state index in [1.165, 1.54) is 0 Å². The number of pyridine rings is 1. The minimum Gasteiger partial charge on any atom is -0.399 e. The summed E-state index contributed by atoms with van der Waals surface area (Å²) in [5.41, 5.74) is 7.49. The van der Waals surface area contributed by atoms with E-state index in [1.807, 2.05) is 48.5 Å². The Balaban J connectivity index is 2.05. The molecule has 0 aliphatic rings. The van der Waals surface area contributed by atoms with Crippen LogP contribution in [0.2, 0.25) is 5.02 Å². The summed E-state index contributed by atoms with van der Waals surface area (Å²) in [5, 5.41) is 6.08. The highest BCUT2D eigenvalue weighted by molar-refractivity contribution is 6.30. The van der Waals surface area contributed by atoms with Crippen molar-refractivity contribution in [2.75, 3.05) is 11.1 Å². The predicted molar refractivity (Wildman–Crippen MR) is 80.9 cm³/mol. The molecule has 4 heteroatoms. The quantitative estimate of drug-likeness (QED) is 0.685. The average molecular weight is 270 g/mol. The molecule has 0 unspecified atom stereocenters. The molecule has 3 rings (SSSR count). The van der Waals surface area contributed by atoms with E-state index >= 15 is 0 Å². The largest absolute Gasteiger partial charge is 0.399 e. The van der Waals surface area contributed by atoms with Gasteiger partial charge < -0.3 is 11.1 Å². The standard InChI is InChI=1S/C15H12ClN3/c16-11-2-5-13(6-3-11)19-15-14-9-12(17)4-1-10(14)7-8-18-15/h1-9H,17H2,(H,18,19). The third-order valence-corrected chi connectivity index (χ3v) is 3.15. The molecular formula is C15H12ClN3. The molecule has 0 saturated heterocycles. The van der Waals surface area contributed by atoms with Crippen LogP contribution in [0.4, 0.5) is 17.2 Å². The number of halogens is 1. The van der Waals surface area contributed by atoms with E-state index in [-0.39, 0.29) is 0 Å². The topological polar surface area (TPSA) is 50.9 Å². The number of aromatic nitrogens is 1. The zero-order valence-corrected chi connectivity index (χ0v) is 10.9. The van der Waals surface area contributed by atoms with Crippen LogP contribution < -0.4 is 11.1 Å². The summed E-state index contributed by atoms with van der Waals surface area (Å²) >= 11 is 5.87. The van der Waals surface area contributed by atoms with E-state index < -0.39 is 0 Å². The zero-order valence-electron chi connectivity index (χ0n) is 10.1. The second kappa shape index (κ2) is 4.78. The average Bonchev–Trinajstić information content (AvgIpc) is 2.42. The Morgan fingerprint density at radius 2 is 1.79 bits per heavy atom. The van der Waals surface area contributed by atoms with Crippen LogP contribution >= 0.6 is 11.6 Å². The Labute approximate surface area is 116 Å². The normalized spacial score (nSPS) is 10.6. The number of rotatable bonds is 2. The van der Waals surface area contributed by atoms with Gasteiger partial charge in [0.15, 0.2) is 0 Å². The lowest BCUT2D eigenvalue weighted by Gasteiger charge is -2.09. The van der Waals surface area contributed by atoms with E-state index in [4.69, 9.17) is 17.3 Å². The van der Waals surface area contributed by atoms with Crippen LogP contribution in [-0.2, 0) is 0 Å². The van der Waals surface area contributed by atoms with Crippen LogP contribution in [0.3, 0.4) is 0 Å². The SMILES string of the molecule is Nc1ccc2ccnc(Nc3ccc(Cl)cc3)c2c1. The second-order valence-corrected chi connectivity index (χ2v) is 4.71. The third-order valence-electron chi connectivity index (χ3n) is 2.90. The molecule has 1 heterocycles. The van der Waals surface area contributed by atoms with Gasteiger partial charge in [0.05, 0.1) is 0 Å². The summed E-state index contributed by atoms with van der Waals surface area (Å²) in [5.74, 6) is 0.784. The minimum absolute atomic E-state index is 0.709. The Kier molecular flexibility index (Phi) is 2.97. The molecule has 94 valence electrons. The fourth-order valence-corrected chi connectivity index (χ4v) is 2.08. The summed E-state index contributed by atoms with van der Waals surface area (Å²) in [7, 11) is 0. The van der Waals surface area contributed by atoms with Crippen LogP contribution in [-0.4, -0.2) is 4.98 Å². The van der Waals surface area contributed by atoms with Gasteiger partial charge in [-0.25, -0.2) is 4.98 Å². The molecule has 3 nitrogen and oxygen atoms in total. The Morgan fingerprint density at radius 1 is 1.00 bits per heavy atom. The Hall–Kier alpha value is -2.26. The lowest BCUT2D eigenvalue weighted by molar-refractivity contribution is 1.34. The van der Waals surface area contributed by atoms with E-state index in [9.17, 15) is 0 Å². The highest BCUT2D eigenvalue weighted by Gasteiger charge is 2.03. The van der Waals surface area contributed by atoms with Crippen LogP contribution in [0.15, 0.2) is 54.7 Å². The molecule has 0 saturated carbocycles. The van der Waals surface area contributed by atoms with Crippen LogP contribution in [0.5, 0.6) is 0 Å². The molecule has 3 aromatic rings. The van der Waals surface area contributed by atoms with E-state index in [2.05, 4.69) is 10.3 Å². The number of hydrogen-bond donors (Lipinski definition) is 2. The van der Waals surface area contributed by atoms with Gasteiger partial charge in [-0.2, -0.15) is 0 Å². The first-order valence-corrected chi connectivity index (χ1v) is 6.27. The van der Waals surface area contributed by atoms with Crippen molar-refractivity contribution in [2.45, 2.75) is 0 Å². The van der Waals surface area contributed by atoms with Gasteiger partial charge in [-0.1, -0.05) is 17.7 Å². The van der Waals surface area contributed by atoms with Crippen molar-refractivity contribution < 1.29 is 0 Å². The Bertz CT molecular complexity index is 723. The van der Waals surface area contributed by atoms with Crippen molar-refractivity contribution in [3.8, 4) is 0 Å². The molecule has 3 N–H and O–H groups in total. The number of nitrogens with one attached hydrogen (secondary N) is 1. The summed E-state index contributed by atoms with van der Waals surface area (Å²) in [6, 6.07) is 15.2. The molecule has 0 aliphatic heterocycles. The summed E-state index contributed by atoms with van der Waals surface area (Å²) in [6.45, 7) is 0. The van der Waals surface area contributed by atoms with E-state index in [0.717, 1.165) is 28.0 Å². The molecule has 0 spiro atoms. The monoisotopic (exact) mass is 269 g/mol. The lowest BCUT2D eigenvalue weighted by atomic mass is 10.1. The van der Waals surface area contributed by atoms with Gasteiger partial charge in [-0.05, 0) is 47.9 Å². The maximum Gasteiger partial charge on any atom is 0.138 e. The number of hydrogen-bond acceptors (Lipinski definition) is 3. The predicted octanol–water partition coefficient (Wildman–Crippen LogP) is 4.21. The number of nitrogens with two attached hydrogens (primary N) is 1. The molecule has 0 aliphatic carbocycles. The molecule has 0 fully saturated rings. The third kappa shape index (κ3) is 2.46. The summed E-state index contributed by atoms with van der Waals surface area (Å²) in [4.78, 5) is 4.37. The number of nitrogens with zero attached hydrogens (tertiary/aromatic N) is 1. The van der Waals surface area contributed by atoms with E-state index in [1.54, 1.807) is 6.20 Å². The van der Waals surface area contributed by atoms with E-state index in [0.29, 0.717) is 5.02 Å². The highest BCUT2D eigenvalue weighted by Crippen LogP contribution is 2.26. The molecule has 19 heavy (non-hydrogen) atoms. The molecule has 0 atom stereocenters. The van der Waals surface area contributed by atoms with Gasteiger partial charge in [0, 0.05) is 28.0 Å². The number of anilines is 3. The van der Waals surface area contributed by atoms with Crippen molar-refractivity contribution >= 4 is 39.6 Å². The first-order chi connectivity index (χ1) is 9.22. The van der Waals surface area contributed by atoms with Crippen molar-refractivity contribution in [3.05, 3.63) is 59.8 Å². The molecule has 0 radical (unpaired) electrons. The van der Waals surface area contributed by atoms with Crippen molar-refractivity contribution in [1.82, 2.24) is 4.98 Å². The first kappa shape index (κ1) is 11.8. The molecule has 1 aromatic heterocycles. The molecule has 2 aromatic carbocycles. The maximum atomic E-state index is 5.87. The van der Waals surface area contributed by atoms with Crippen LogP contribution in [0.25, 0.3) is 10.8 Å². The van der Waals surface area contributed by atoms with Gasteiger partial charge in [0.25, 0.3) is 0 Å². The summed E-state index contributed by atoms with van der Waals surface area (Å²) in [6.07, 6.45) is 1.77. The van der Waals surface area contributed by atoms with Crippen LogP contribution in [0, 0.1) is 0 Å². The van der Waals surface area contributed by atoms with Gasteiger partial charge in [-0.3, -0.25) is 0 Å². The minimum atomic E-state index is 0.709. The van der Waals surface area contributed by atoms with Gasteiger partial charge in [-0.15, -0.1) is 0 Å². The van der Waals surface area contributed by atoms with Crippen molar-refractivity contribution in [2.24, 2.45) is 0 Å².